The third kappa shape index (κ3) is 1.59. The van der Waals surface area contributed by atoms with Crippen molar-refractivity contribution in [3.8, 4) is 0 Å². The summed E-state index contributed by atoms with van der Waals surface area (Å²) in [5, 5.41) is 12.3. The van der Waals surface area contributed by atoms with Gasteiger partial charge in [0.2, 0.25) is 0 Å². The number of likely N-dealkylation sites (N-methyl/N-ethyl adjacent to an activating group) is 1. The first-order chi connectivity index (χ1) is 6.36. The largest absolute Gasteiger partial charge is 0.387 e. The van der Waals surface area contributed by atoms with E-state index in [2.05, 4.69) is 33.0 Å². The summed E-state index contributed by atoms with van der Waals surface area (Å²) in [4.78, 5) is 0. The highest BCUT2D eigenvalue weighted by molar-refractivity contribution is 5.02. The lowest BCUT2D eigenvalue weighted by molar-refractivity contribution is -0.636. The minimum atomic E-state index is -0.174. The van der Waals surface area contributed by atoms with Gasteiger partial charge < -0.3 is 10.4 Å². The number of nitrogens with two attached hydrogens (primary N) is 1. The van der Waals surface area contributed by atoms with Gasteiger partial charge in [-0.3, -0.25) is 0 Å². The zero-order chi connectivity index (χ0) is 11.0. The van der Waals surface area contributed by atoms with Gasteiger partial charge in [-0.25, -0.2) is 0 Å². The Morgan fingerprint density at radius 1 is 1.43 bits per heavy atom. The molecular weight excluding hydrogens is 174 g/mol. The van der Waals surface area contributed by atoms with Crippen molar-refractivity contribution in [3.05, 3.63) is 0 Å². The minimum Gasteiger partial charge on any atom is -0.387 e. The van der Waals surface area contributed by atoms with Crippen molar-refractivity contribution in [3.63, 3.8) is 0 Å². The molecule has 1 saturated carbocycles. The van der Waals surface area contributed by atoms with E-state index in [-0.39, 0.29) is 16.9 Å². The van der Waals surface area contributed by atoms with Gasteiger partial charge in [0, 0.05) is 5.41 Å². The third-order valence-electron chi connectivity index (χ3n) is 5.00. The van der Waals surface area contributed by atoms with Gasteiger partial charge in [0.1, 0.15) is 12.6 Å². The zero-order valence-electron chi connectivity index (χ0n) is 10.3. The van der Waals surface area contributed by atoms with Gasteiger partial charge in [0.25, 0.3) is 0 Å². The molecule has 0 radical (unpaired) electrons. The summed E-state index contributed by atoms with van der Waals surface area (Å²) >= 11 is 0. The molecule has 1 rings (SSSR count). The lowest BCUT2D eigenvalue weighted by atomic mass is 9.63. The van der Waals surface area contributed by atoms with Gasteiger partial charge in [-0.1, -0.05) is 27.7 Å². The molecule has 2 heteroatoms. The van der Waals surface area contributed by atoms with Crippen LogP contribution in [0.15, 0.2) is 0 Å². The second-order valence-corrected chi connectivity index (χ2v) is 5.74. The van der Waals surface area contributed by atoms with E-state index >= 15 is 0 Å². The Kier molecular flexibility index (Phi) is 3.27. The summed E-state index contributed by atoms with van der Waals surface area (Å²) in [5.74, 6) is 0.721. The summed E-state index contributed by atoms with van der Waals surface area (Å²) in [6, 6.07) is 0. The fourth-order valence-corrected chi connectivity index (χ4v) is 2.84. The quantitative estimate of drug-likeness (QED) is 0.701. The molecule has 1 aliphatic carbocycles. The van der Waals surface area contributed by atoms with E-state index in [1.807, 2.05) is 7.05 Å². The molecule has 0 saturated heterocycles. The molecular formula is C12H26NO+. The zero-order valence-corrected chi connectivity index (χ0v) is 10.3. The smallest absolute Gasteiger partial charge is 0.109 e. The van der Waals surface area contributed by atoms with Crippen LogP contribution in [0.4, 0.5) is 0 Å². The number of aliphatic hydroxyl groups is 1. The van der Waals surface area contributed by atoms with Crippen LogP contribution < -0.4 is 5.32 Å². The van der Waals surface area contributed by atoms with Crippen molar-refractivity contribution in [1.29, 1.82) is 0 Å². The number of aliphatic hydroxyl groups excluding tert-OH is 1. The molecule has 0 aromatic rings. The van der Waals surface area contributed by atoms with Gasteiger partial charge >= 0.3 is 0 Å². The van der Waals surface area contributed by atoms with Crippen molar-refractivity contribution in [2.45, 2.75) is 46.6 Å². The van der Waals surface area contributed by atoms with E-state index in [0.717, 1.165) is 18.9 Å². The van der Waals surface area contributed by atoms with Crippen LogP contribution in [0.25, 0.3) is 0 Å². The average Bonchev–Trinajstić information content (AvgIpc) is 2.31. The van der Waals surface area contributed by atoms with E-state index in [4.69, 9.17) is 0 Å². The van der Waals surface area contributed by atoms with Crippen LogP contribution in [0.1, 0.15) is 40.5 Å². The molecule has 0 aromatic heterocycles. The van der Waals surface area contributed by atoms with E-state index in [9.17, 15) is 5.11 Å². The van der Waals surface area contributed by atoms with E-state index in [0.29, 0.717) is 0 Å². The molecule has 2 nitrogen and oxygen atoms in total. The first-order valence-electron chi connectivity index (χ1n) is 5.82. The van der Waals surface area contributed by atoms with Gasteiger partial charge in [-0.15, -0.1) is 0 Å². The Bertz CT molecular complexity index is 202. The second-order valence-electron chi connectivity index (χ2n) is 5.74. The molecule has 0 unspecified atom stereocenters. The molecule has 1 aliphatic rings. The first-order valence-corrected chi connectivity index (χ1v) is 5.82. The van der Waals surface area contributed by atoms with E-state index in [1.54, 1.807) is 0 Å². The lowest BCUT2D eigenvalue weighted by Crippen LogP contribution is -2.83. The van der Waals surface area contributed by atoms with Crippen LogP contribution in [0.3, 0.4) is 0 Å². The van der Waals surface area contributed by atoms with Crippen molar-refractivity contribution in [1.82, 2.24) is 0 Å². The minimum absolute atomic E-state index is 0.0962. The van der Waals surface area contributed by atoms with E-state index in [1.165, 1.54) is 6.42 Å². The van der Waals surface area contributed by atoms with Gasteiger partial charge in [-0.2, -0.15) is 0 Å². The molecule has 0 heterocycles. The van der Waals surface area contributed by atoms with Crippen molar-refractivity contribution in [2.24, 2.45) is 16.7 Å². The maximum absolute atomic E-state index is 10.2. The van der Waals surface area contributed by atoms with Crippen molar-refractivity contribution in [2.75, 3.05) is 13.6 Å². The highest BCUT2D eigenvalue weighted by atomic mass is 16.3. The normalized spacial score (nSPS) is 38.6. The SMILES string of the molecule is C[NH2+]C[C@@H](O)[C@@]1(C)CC[C@H](C)C1(C)C. The van der Waals surface area contributed by atoms with Crippen molar-refractivity contribution >= 4 is 0 Å². The molecule has 14 heavy (non-hydrogen) atoms. The summed E-state index contributed by atoms with van der Waals surface area (Å²) < 4.78 is 0. The van der Waals surface area contributed by atoms with Crippen LogP contribution in [0, 0.1) is 16.7 Å². The molecule has 0 spiro atoms. The van der Waals surface area contributed by atoms with Crippen molar-refractivity contribution < 1.29 is 10.4 Å². The Balaban J connectivity index is 2.83. The Labute approximate surface area is 88.1 Å². The lowest BCUT2D eigenvalue weighted by Gasteiger charge is -2.43. The predicted molar refractivity (Wildman–Crippen MR) is 59.0 cm³/mol. The number of quaternary nitrogens is 1. The van der Waals surface area contributed by atoms with Crippen LogP contribution in [-0.2, 0) is 0 Å². The molecule has 0 aromatic carbocycles. The number of rotatable bonds is 3. The molecule has 1 fully saturated rings. The predicted octanol–water partition coefficient (Wildman–Crippen LogP) is 1.00. The Morgan fingerprint density at radius 2 is 2.00 bits per heavy atom. The summed E-state index contributed by atoms with van der Waals surface area (Å²) in [5.41, 5.74) is 0.356. The third-order valence-corrected chi connectivity index (χ3v) is 5.00. The van der Waals surface area contributed by atoms with Crippen LogP contribution in [0.5, 0.6) is 0 Å². The Hall–Kier alpha value is -0.0800. The van der Waals surface area contributed by atoms with Crippen LogP contribution >= 0.6 is 0 Å². The maximum Gasteiger partial charge on any atom is 0.109 e. The van der Waals surface area contributed by atoms with Crippen LogP contribution in [-0.4, -0.2) is 24.8 Å². The topological polar surface area (TPSA) is 36.8 Å². The monoisotopic (exact) mass is 200 g/mol. The number of hydrogen-bond donors (Lipinski definition) is 2. The molecule has 84 valence electrons. The second kappa shape index (κ2) is 3.82. The summed E-state index contributed by atoms with van der Waals surface area (Å²) in [6.45, 7) is 10.0. The maximum atomic E-state index is 10.2. The average molecular weight is 200 g/mol. The highest BCUT2D eigenvalue weighted by Crippen LogP contribution is 2.57. The highest BCUT2D eigenvalue weighted by Gasteiger charge is 2.53. The fourth-order valence-electron chi connectivity index (χ4n) is 2.84. The summed E-state index contributed by atoms with van der Waals surface area (Å²) in [6.07, 6.45) is 2.24. The summed E-state index contributed by atoms with van der Waals surface area (Å²) in [7, 11) is 2.03. The Morgan fingerprint density at radius 3 is 2.36 bits per heavy atom. The number of hydrogen-bond acceptors (Lipinski definition) is 1. The van der Waals surface area contributed by atoms with Gasteiger partial charge in [-0.05, 0) is 24.2 Å². The first kappa shape index (κ1) is 12.0. The van der Waals surface area contributed by atoms with Gasteiger partial charge in [0.15, 0.2) is 0 Å². The molecule has 0 bridgehead atoms. The molecule has 0 aliphatic heterocycles. The standard InChI is InChI=1S/C12H25NO/c1-9-6-7-12(4,11(9,2)3)10(14)8-13-5/h9-10,13-14H,6-8H2,1-5H3/p+1/t9-,10+,12+/m0/s1. The van der Waals surface area contributed by atoms with E-state index < -0.39 is 0 Å². The fraction of sp³-hybridized carbons (Fsp3) is 1.00. The van der Waals surface area contributed by atoms with Crippen LogP contribution in [0.2, 0.25) is 0 Å². The molecule has 3 N–H and O–H groups in total. The molecule has 0 amide bonds. The molecule has 3 atom stereocenters. The van der Waals surface area contributed by atoms with Gasteiger partial charge in [0.05, 0.1) is 7.05 Å².